The molecule has 476 valence electrons. The zero-order valence-corrected chi connectivity index (χ0v) is 54.4. The second-order valence-electron chi connectivity index (χ2n) is 25.2. The number of hydrogen-bond acceptors (Lipinski definition) is 8. The summed E-state index contributed by atoms with van der Waals surface area (Å²) in [5.41, 5.74) is 0. The molecule has 0 aliphatic rings. The van der Waals surface area contributed by atoms with Gasteiger partial charge in [-0.3, -0.25) is 9.59 Å². The standard InChI is InChI=1S/C72H135NO8/c1-6-8-10-12-14-16-18-20-22-24-26-28-30-32-33-34-35-36-37-39-41-43-45-47-49-51-53-55-57-59-61-63-70(75)81-68(67-80-72(71(76)77)78-65-64-73(3,4)5)66-79-69(74)62-60-58-56-54-52-50-48-46-44-42-40-38-31-29-27-25-23-21-19-17-15-13-11-9-7-2/h18,20,24-27,68,72H,6-17,19,21-23,28-67H2,1-5H3/b20-18-,26-24-,27-25-. The fourth-order valence-electron chi connectivity index (χ4n) is 10.4. The van der Waals surface area contributed by atoms with Crippen LogP contribution >= 0.6 is 0 Å². The Morgan fingerprint density at radius 2 is 0.667 bits per heavy atom. The maximum atomic E-state index is 12.9. The van der Waals surface area contributed by atoms with E-state index in [2.05, 4.69) is 50.3 Å². The number of carboxylic acid groups (broad SMARTS) is 1. The van der Waals surface area contributed by atoms with E-state index in [0.717, 1.165) is 44.9 Å². The summed E-state index contributed by atoms with van der Waals surface area (Å²) in [7, 11) is 5.94. The summed E-state index contributed by atoms with van der Waals surface area (Å²) in [6.45, 7) is 4.80. The molecule has 0 saturated carbocycles. The molecule has 0 N–H and O–H groups in total. The molecule has 0 rings (SSSR count). The molecule has 2 atom stereocenters. The molecule has 0 heterocycles. The van der Waals surface area contributed by atoms with E-state index in [1.165, 1.54) is 276 Å². The van der Waals surface area contributed by atoms with Crippen molar-refractivity contribution in [2.24, 2.45) is 0 Å². The first-order chi connectivity index (χ1) is 39.6. The van der Waals surface area contributed by atoms with Gasteiger partial charge in [-0.05, 0) is 70.6 Å². The normalized spacial score (nSPS) is 12.9. The number of likely N-dealkylation sites (N-methyl/N-ethyl adjacent to an activating group) is 1. The number of aliphatic carboxylic acids is 1. The Morgan fingerprint density at radius 1 is 0.370 bits per heavy atom. The summed E-state index contributed by atoms with van der Waals surface area (Å²) in [4.78, 5) is 37.5. The lowest BCUT2D eigenvalue weighted by molar-refractivity contribution is -0.870. The lowest BCUT2D eigenvalue weighted by Crippen LogP contribution is -2.44. The van der Waals surface area contributed by atoms with Crippen LogP contribution in [0.4, 0.5) is 0 Å². The van der Waals surface area contributed by atoms with E-state index in [1.807, 2.05) is 21.1 Å². The molecule has 0 bridgehead atoms. The number of carbonyl (C=O) groups excluding carboxylic acids is 3. The zero-order valence-electron chi connectivity index (χ0n) is 54.4. The lowest BCUT2D eigenvalue weighted by Gasteiger charge is -2.26. The van der Waals surface area contributed by atoms with Crippen molar-refractivity contribution < 1.29 is 42.9 Å². The van der Waals surface area contributed by atoms with Gasteiger partial charge in [-0.25, -0.2) is 0 Å². The predicted molar refractivity (Wildman–Crippen MR) is 343 cm³/mol. The van der Waals surface area contributed by atoms with Crippen LogP contribution in [0.15, 0.2) is 36.5 Å². The van der Waals surface area contributed by atoms with E-state index in [9.17, 15) is 19.5 Å². The molecule has 0 radical (unpaired) electrons. The molecule has 0 aliphatic heterocycles. The van der Waals surface area contributed by atoms with E-state index in [4.69, 9.17) is 18.9 Å². The van der Waals surface area contributed by atoms with Crippen LogP contribution in [0.2, 0.25) is 0 Å². The summed E-state index contributed by atoms with van der Waals surface area (Å²) in [6, 6.07) is 0. The Labute approximate surface area is 502 Å². The van der Waals surface area contributed by atoms with Crippen LogP contribution in [0.3, 0.4) is 0 Å². The highest BCUT2D eigenvalue weighted by Gasteiger charge is 2.22. The van der Waals surface area contributed by atoms with Crippen molar-refractivity contribution in [2.45, 2.75) is 360 Å². The van der Waals surface area contributed by atoms with Crippen LogP contribution in [0, 0.1) is 0 Å². The van der Waals surface area contributed by atoms with Crippen LogP contribution in [-0.2, 0) is 33.3 Å². The number of allylic oxidation sites excluding steroid dienone is 6. The number of nitrogens with zero attached hydrogens (tertiary/aromatic N) is 1. The number of carboxylic acids is 1. The quantitative estimate of drug-likeness (QED) is 0.0195. The van der Waals surface area contributed by atoms with E-state index < -0.39 is 24.3 Å². The number of esters is 2. The highest BCUT2D eigenvalue weighted by molar-refractivity contribution is 5.70. The van der Waals surface area contributed by atoms with Gasteiger partial charge in [0.1, 0.15) is 13.2 Å². The number of rotatable bonds is 66. The fourth-order valence-corrected chi connectivity index (χ4v) is 10.4. The number of quaternary nitrogens is 1. The van der Waals surface area contributed by atoms with E-state index in [-0.39, 0.29) is 32.2 Å². The Balaban J connectivity index is 4.07. The number of ether oxygens (including phenoxy) is 4. The van der Waals surface area contributed by atoms with Crippen LogP contribution < -0.4 is 5.11 Å². The van der Waals surface area contributed by atoms with E-state index >= 15 is 0 Å². The summed E-state index contributed by atoms with van der Waals surface area (Å²) in [6.07, 6.45) is 76.6. The van der Waals surface area contributed by atoms with Crippen molar-refractivity contribution in [3.05, 3.63) is 36.5 Å². The molecule has 0 aliphatic carbocycles. The minimum absolute atomic E-state index is 0.150. The lowest BCUT2D eigenvalue weighted by atomic mass is 10.0. The molecule has 0 aromatic rings. The first kappa shape index (κ1) is 78.5. The Morgan fingerprint density at radius 3 is 0.988 bits per heavy atom. The summed E-state index contributed by atoms with van der Waals surface area (Å²) < 4.78 is 22.8. The van der Waals surface area contributed by atoms with Crippen LogP contribution in [-0.4, -0.2) is 82.3 Å². The zero-order chi connectivity index (χ0) is 59.1. The van der Waals surface area contributed by atoms with Crippen molar-refractivity contribution in [2.75, 3.05) is 47.5 Å². The summed E-state index contributed by atoms with van der Waals surface area (Å²) >= 11 is 0. The molecule has 9 heteroatoms. The molecule has 0 fully saturated rings. The molecular formula is C72H135NO8. The maximum Gasteiger partial charge on any atom is 0.306 e. The third-order valence-corrected chi connectivity index (χ3v) is 15.9. The minimum Gasteiger partial charge on any atom is -0.545 e. The number of carbonyl (C=O) groups is 3. The predicted octanol–water partition coefficient (Wildman–Crippen LogP) is 20.3. The fraction of sp³-hybridized carbons (Fsp3) is 0.875. The van der Waals surface area contributed by atoms with E-state index in [1.54, 1.807) is 0 Å². The van der Waals surface area contributed by atoms with Crippen LogP contribution in [0.5, 0.6) is 0 Å². The Bertz CT molecular complexity index is 1420. The molecule has 0 aromatic heterocycles. The smallest absolute Gasteiger partial charge is 0.306 e. The third-order valence-electron chi connectivity index (χ3n) is 15.9. The van der Waals surface area contributed by atoms with Gasteiger partial charge in [0.05, 0.1) is 40.3 Å². The van der Waals surface area contributed by atoms with Crippen molar-refractivity contribution in [3.8, 4) is 0 Å². The van der Waals surface area contributed by atoms with Gasteiger partial charge in [0.15, 0.2) is 12.4 Å². The van der Waals surface area contributed by atoms with Crippen molar-refractivity contribution in [1.82, 2.24) is 0 Å². The van der Waals surface area contributed by atoms with Crippen LogP contribution in [0.1, 0.15) is 348 Å². The topological polar surface area (TPSA) is 111 Å². The van der Waals surface area contributed by atoms with Gasteiger partial charge in [0.25, 0.3) is 0 Å². The summed E-state index contributed by atoms with van der Waals surface area (Å²) in [5, 5.41) is 11.8. The average molecular weight is 1140 g/mol. The second-order valence-corrected chi connectivity index (χ2v) is 25.2. The van der Waals surface area contributed by atoms with Gasteiger partial charge in [-0.15, -0.1) is 0 Å². The van der Waals surface area contributed by atoms with Gasteiger partial charge in [0, 0.05) is 12.8 Å². The van der Waals surface area contributed by atoms with Gasteiger partial charge in [-0.2, -0.15) is 0 Å². The maximum absolute atomic E-state index is 12.9. The monoisotopic (exact) mass is 1140 g/mol. The minimum atomic E-state index is -1.62. The van der Waals surface area contributed by atoms with Gasteiger partial charge >= 0.3 is 11.9 Å². The Kier molecular flexibility index (Phi) is 61.6. The molecule has 2 unspecified atom stereocenters. The highest BCUT2D eigenvalue weighted by atomic mass is 16.7. The first-order valence-corrected chi connectivity index (χ1v) is 35.1. The van der Waals surface area contributed by atoms with E-state index in [0.29, 0.717) is 17.4 Å². The molecule has 81 heavy (non-hydrogen) atoms. The second kappa shape index (κ2) is 63.5. The molecule has 0 spiro atoms. The SMILES string of the molecule is CCCCCCC/C=C\C/C=C\CCCCCCCCCCCCCCCCCCCCCC(=O)OC(COC(=O)CCCCCCCCCCCCCCC/C=C\CCCCCCCCCC)COC(OCC[N+](C)(C)C)C(=O)[O-]. The molecular weight excluding hydrogens is 1010 g/mol. The average Bonchev–Trinajstić information content (AvgIpc) is 3.44. The molecule has 0 amide bonds. The number of hydrogen-bond donors (Lipinski definition) is 0. The first-order valence-electron chi connectivity index (χ1n) is 35.1. The van der Waals surface area contributed by atoms with Crippen LogP contribution in [0.25, 0.3) is 0 Å². The molecule has 0 aromatic carbocycles. The van der Waals surface area contributed by atoms with Gasteiger partial charge in [0.2, 0.25) is 0 Å². The van der Waals surface area contributed by atoms with Crippen molar-refractivity contribution in [3.63, 3.8) is 0 Å². The largest absolute Gasteiger partial charge is 0.545 e. The number of unbranched alkanes of at least 4 members (excludes halogenated alkanes) is 45. The summed E-state index contributed by atoms with van der Waals surface area (Å²) in [5.74, 6) is -2.26. The third kappa shape index (κ3) is 64.9. The van der Waals surface area contributed by atoms with Crippen molar-refractivity contribution in [1.29, 1.82) is 0 Å². The molecule has 0 saturated heterocycles. The van der Waals surface area contributed by atoms with Gasteiger partial charge < -0.3 is 33.3 Å². The van der Waals surface area contributed by atoms with Gasteiger partial charge in [-0.1, -0.05) is 301 Å². The molecule has 9 nitrogen and oxygen atoms in total. The highest BCUT2D eigenvalue weighted by Crippen LogP contribution is 2.18. The van der Waals surface area contributed by atoms with Crippen molar-refractivity contribution >= 4 is 17.9 Å². The Hall–Kier alpha value is -2.49.